The number of rotatable bonds is 3. The smallest absolute Gasteiger partial charge is 0.317 e. The number of nitrogens with one attached hydrogen (secondary N) is 1. The second-order valence-corrected chi connectivity index (χ2v) is 6.62. The molecule has 0 spiro atoms. The number of likely N-dealkylation sites (tertiary alicyclic amines) is 1. The zero-order valence-electron chi connectivity index (χ0n) is 12.0. The summed E-state index contributed by atoms with van der Waals surface area (Å²) >= 11 is 1.68. The minimum absolute atomic E-state index is 0.176. The van der Waals surface area contributed by atoms with Crippen molar-refractivity contribution in [2.24, 2.45) is 5.92 Å². The minimum atomic E-state index is -0.822. The Morgan fingerprint density at radius 2 is 2.20 bits per heavy atom. The molecular weight excluding hydrogens is 276 g/mol. The fourth-order valence-corrected chi connectivity index (χ4v) is 3.55. The van der Waals surface area contributed by atoms with Crippen LogP contribution in [0.3, 0.4) is 0 Å². The number of carboxylic acids is 1. The lowest BCUT2D eigenvalue weighted by Crippen LogP contribution is -2.43. The maximum absolute atomic E-state index is 12.1. The van der Waals surface area contributed by atoms with Crippen LogP contribution in [-0.4, -0.2) is 34.6 Å². The number of carbonyl (C=O) groups excluding carboxylic acids is 1. The number of hydrogen-bond donors (Lipinski definition) is 2. The topological polar surface area (TPSA) is 69.6 Å². The van der Waals surface area contributed by atoms with Gasteiger partial charge in [0.1, 0.15) is 0 Å². The fraction of sp³-hybridized carbons (Fsp3) is 0.571. The highest BCUT2D eigenvalue weighted by molar-refractivity contribution is 7.12. The van der Waals surface area contributed by atoms with E-state index < -0.39 is 11.9 Å². The zero-order chi connectivity index (χ0) is 14.9. The Morgan fingerprint density at radius 1 is 1.50 bits per heavy atom. The summed E-state index contributed by atoms with van der Waals surface area (Å²) in [5.74, 6) is -1.27. The molecular formula is C14H20N2O3S. The lowest BCUT2D eigenvalue weighted by atomic mass is 10.0. The molecule has 5 nitrogen and oxygen atoms in total. The van der Waals surface area contributed by atoms with Crippen molar-refractivity contribution in [1.82, 2.24) is 10.2 Å². The van der Waals surface area contributed by atoms with E-state index in [-0.39, 0.29) is 12.1 Å². The molecule has 1 fully saturated rings. The number of nitrogens with zero attached hydrogens (tertiary/aromatic N) is 1. The van der Waals surface area contributed by atoms with E-state index in [1.54, 1.807) is 23.2 Å². The van der Waals surface area contributed by atoms with Gasteiger partial charge in [-0.2, -0.15) is 0 Å². The third-order valence-corrected chi connectivity index (χ3v) is 5.12. The molecule has 1 aromatic rings. The first kappa shape index (κ1) is 14.8. The van der Waals surface area contributed by atoms with E-state index in [0.717, 1.165) is 4.88 Å². The molecule has 0 radical (unpaired) electrons. The summed E-state index contributed by atoms with van der Waals surface area (Å²) in [6, 6.07) is 1.65. The van der Waals surface area contributed by atoms with Gasteiger partial charge in [0.05, 0.1) is 12.5 Å². The van der Waals surface area contributed by atoms with Crippen molar-refractivity contribution in [2.75, 3.05) is 6.54 Å². The van der Waals surface area contributed by atoms with Crippen LogP contribution < -0.4 is 5.32 Å². The first-order valence-corrected chi connectivity index (χ1v) is 7.55. The average molecular weight is 296 g/mol. The second-order valence-electron chi connectivity index (χ2n) is 5.28. The van der Waals surface area contributed by atoms with Gasteiger partial charge in [0, 0.05) is 22.3 Å². The van der Waals surface area contributed by atoms with Crippen LogP contribution in [0.15, 0.2) is 6.07 Å². The Labute approximate surface area is 122 Å². The van der Waals surface area contributed by atoms with Crippen LogP contribution in [0.1, 0.15) is 28.7 Å². The Bertz CT molecular complexity index is 507. The van der Waals surface area contributed by atoms with Gasteiger partial charge in [-0.3, -0.25) is 4.79 Å². The predicted molar refractivity (Wildman–Crippen MR) is 77.9 cm³/mol. The van der Waals surface area contributed by atoms with Crippen LogP contribution >= 0.6 is 11.3 Å². The molecule has 2 N–H and O–H groups in total. The van der Waals surface area contributed by atoms with Crippen molar-refractivity contribution in [3.63, 3.8) is 0 Å². The number of carbonyl (C=O) groups is 2. The number of hydrogen-bond acceptors (Lipinski definition) is 3. The highest BCUT2D eigenvalue weighted by atomic mass is 32.1. The molecule has 2 rings (SSSR count). The molecule has 1 aromatic heterocycles. The molecule has 2 atom stereocenters. The van der Waals surface area contributed by atoms with Crippen LogP contribution in [0.5, 0.6) is 0 Å². The van der Waals surface area contributed by atoms with Crippen LogP contribution in [0, 0.1) is 19.8 Å². The number of amides is 2. The number of aliphatic carboxylic acids is 1. The first-order chi connectivity index (χ1) is 9.40. The number of carboxylic acid groups (broad SMARTS) is 1. The fourth-order valence-electron chi connectivity index (χ4n) is 2.56. The molecule has 0 aromatic carbocycles. The Kier molecular flexibility index (Phi) is 4.32. The lowest BCUT2D eigenvalue weighted by Gasteiger charge is -2.23. The molecule has 1 aliphatic heterocycles. The highest BCUT2D eigenvalue weighted by Gasteiger charge is 2.37. The van der Waals surface area contributed by atoms with E-state index >= 15 is 0 Å². The maximum Gasteiger partial charge on any atom is 0.317 e. The van der Waals surface area contributed by atoms with Gasteiger partial charge in [-0.25, -0.2) is 4.79 Å². The van der Waals surface area contributed by atoms with Crippen LogP contribution in [-0.2, 0) is 11.3 Å². The minimum Gasteiger partial charge on any atom is -0.481 e. The molecule has 110 valence electrons. The van der Waals surface area contributed by atoms with Gasteiger partial charge in [-0.15, -0.1) is 11.3 Å². The van der Waals surface area contributed by atoms with Crippen molar-refractivity contribution in [3.8, 4) is 0 Å². The second kappa shape index (κ2) is 5.83. The molecule has 1 saturated heterocycles. The Balaban J connectivity index is 1.91. The molecule has 2 heterocycles. The van der Waals surface area contributed by atoms with Crippen molar-refractivity contribution < 1.29 is 14.7 Å². The Hall–Kier alpha value is -1.56. The van der Waals surface area contributed by atoms with Gasteiger partial charge in [-0.05, 0) is 38.8 Å². The van der Waals surface area contributed by atoms with E-state index in [1.165, 1.54) is 10.4 Å². The monoisotopic (exact) mass is 296 g/mol. The molecule has 1 aliphatic rings. The van der Waals surface area contributed by atoms with Crippen molar-refractivity contribution in [2.45, 2.75) is 39.8 Å². The van der Waals surface area contributed by atoms with Gasteiger partial charge < -0.3 is 15.3 Å². The predicted octanol–water partition coefficient (Wildman–Crippen LogP) is 2.37. The molecule has 6 heteroatoms. The molecule has 0 saturated carbocycles. The summed E-state index contributed by atoms with van der Waals surface area (Å²) in [5.41, 5.74) is 1.24. The van der Waals surface area contributed by atoms with Gasteiger partial charge in [0.25, 0.3) is 0 Å². The standard InChI is InChI=1S/C14H20N2O3S/c1-8-6-11(20-10(8)3)7-15-14(19)16-5-4-12(9(16)2)13(17)18/h6,9,12H,4-5,7H2,1-3H3,(H,15,19)(H,17,18). The van der Waals surface area contributed by atoms with E-state index in [9.17, 15) is 9.59 Å². The number of urea groups is 1. The normalized spacial score (nSPS) is 22.1. The van der Waals surface area contributed by atoms with Gasteiger partial charge in [0.2, 0.25) is 0 Å². The van der Waals surface area contributed by atoms with Crippen molar-refractivity contribution >= 4 is 23.3 Å². The van der Waals surface area contributed by atoms with Gasteiger partial charge in [-0.1, -0.05) is 0 Å². The van der Waals surface area contributed by atoms with Crippen molar-refractivity contribution in [3.05, 3.63) is 21.4 Å². The SMILES string of the molecule is Cc1cc(CNC(=O)N2CCC(C(=O)O)C2C)sc1C. The summed E-state index contributed by atoms with van der Waals surface area (Å²) in [5, 5.41) is 11.9. The van der Waals surface area contributed by atoms with E-state index in [1.807, 2.05) is 0 Å². The molecule has 0 aliphatic carbocycles. The number of thiophene rings is 1. The van der Waals surface area contributed by atoms with Gasteiger partial charge >= 0.3 is 12.0 Å². The average Bonchev–Trinajstić information content (AvgIpc) is 2.90. The lowest BCUT2D eigenvalue weighted by molar-refractivity contribution is -0.142. The Morgan fingerprint density at radius 3 is 2.70 bits per heavy atom. The summed E-state index contributed by atoms with van der Waals surface area (Å²) < 4.78 is 0. The van der Waals surface area contributed by atoms with E-state index in [2.05, 4.69) is 25.2 Å². The van der Waals surface area contributed by atoms with E-state index in [4.69, 9.17) is 5.11 Å². The van der Waals surface area contributed by atoms with Crippen LogP contribution in [0.2, 0.25) is 0 Å². The first-order valence-electron chi connectivity index (χ1n) is 6.73. The third kappa shape index (κ3) is 2.95. The maximum atomic E-state index is 12.1. The van der Waals surface area contributed by atoms with Crippen LogP contribution in [0.4, 0.5) is 4.79 Å². The van der Waals surface area contributed by atoms with Crippen molar-refractivity contribution in [1.29, 1.82) is 0 Å². The summed E-state index contributed by atoms with van der Waals surface area (Å²) in [6.45, 7) is 6.92. The van der Waals surface area contributed by atoms with Crippen LogP contribution in [0.25, 0.3) is 0 Å². The quantitative estimate of drug-likeness (QED) is 0.899. The largest absolute Gasteiger partial charge is 0.481 e. The third-order valence-electron chi connectivity index (χ3n) is 3.96. The summed E-state index contributed by atoms with van der Waals surface area (Å²) in [6.07, 6.45) is 0.529. The van der Waals surface area contributed by atoms with E-state index in [0.29, 0.717) is 19.5 Å². The number of aryl methyl sites for hydroxylation is 2. The summed E-state index contributed by atoms with van der Waals surface area (Å²) in [4.78, 5) is 27.2. The zero-order valence-corrected chi connectivity index (χ0v) is 12.8. The molecule has 0 bridgehead atoms. The highest BCUT2D eigenvalue weighted by Crippen LogP contribution is 2.25. The summed E-state index contributed by atoms with van der Waals surface area (Å²) in [7, 11) is 0. The molecule has 2 unspecified atom stereocenters. The molecule has 20 heavy (non-hydrogen) atoms. The molecule has 2 amide bonds. The van der Waals surface area contributed by atoms with Gasteiger partial charge in [0.15, 0.2) is 0 Å².